The molecule has 148 valence electrons. The van der Waals surface area contributed by atoms with Gasteiger partial charge in [0.15, 0.2) is 0 Å². The van der Waals surface area contributed by atoms with Crippen LogP contribution in [0.2, 0.25) is 0 Å². The second-order valence-corrected chi connectivity index (χ2v) is 7.56. The van der Waals surface area contributed by atoms with E-state index in [0.717, 1.165) is 9.13 Å². The van der Waals surface area contributed by atoms with Crippen molar-refractivity contribution in [3.63, 3.8) is 0 Å². The minimum absolute atomic E-state index is 0.112. The Morgan fingerprint density at radius 3 is 1.93 bits per heavy atom. The summed E-state index contributed by atoms with van der Waals surface area (Å²) < 4.78 is 14.1. The van der Waals surface area contributed by atoms with Crippen LogP contribution in [0.3, 0.4) is 0 Å². The fourth-order valence-corrected chi connectivity index (χ4v) is 3.00. The fourth-order valence-electron chi connectivity index (χ4n) is 2.64. The Kier molecular flexibility index (Phi) is 7.91. The van der Waals surface area contributed by atoms with Crippen molar-refractivity contribution in [3.8, 4) is 0 Å². The Hall–Kier alpha value is -2.49. The highest BCUT2D eigenvalue weighted by atomic mass is 127. The average molecular weight is 498 g/mol. The zero-order valence-electron chi connectivity index (χ0n) is 15.1. The van der Waals surface area contributed by atoms with Crippen molar-refractivity contribution in [1.82, 2.24) is 10.6 Å². The van der Waals surface area contributed by atoms with Crippen molar-refractivity contribution in [1.29, 1.82) is 0 Å². The van der Waals surface area contributed by atoms with Gasteiger partial charge in [-0.25, -0.2) is 9.18 Å². The molecule has 2 aromatic carbocycles. The van der Waals surface area contributed by atoms with Gasteiger partial charge in [0, 0.05) is 23.3 Å². The van der Waals surface area contributed by atoms with Gasteiger partial charge in [-0.05, 0) is 58.0 Å². The Morgan fingerprint density at radius 1 is 0.929 bits per heavy atom. The van der Waals surface area contributed by atoms with E-state index in [9.17, 15) is 23.9 Å². The zero-order chi connectivity index (χ0) is 20.7. The number of amides is 2. The van der Waals surface area contributed by atoms with E-state index >= 15 is 0 Å². The van der Waals surface area contributed by atoms with Gasteiger partial charge in [0.25, 0.3) is 0 Å². The lowest BCUT2D eigenvalue weighted by molar-refractivity contribution is -0.142. The van der Waals surface area contributed by atoms with Gasteiger partial charge in [-0.15, -0.1) is 0 Å². The minimum atomic E-state index is -1.17. The molecule has 0 fully saturated rings. The van der Waals surface area contributed by atoms with Crippen LogP contribution in [0.5, 0.6) is 0 Å². The summed E-state index contributed by atoms with van der Waals surface area (Å²) in [5.41, 5.74) is 1.41. The molecular weight excluding hydrogens is 478 g/mol. The summed E-state index contributed by atoms with van der Waals surface area (Å²) in [6.07, 6.45) is 0.225. The first kappa shape index (κ1) is 21.8. The maximum absolute atomic E-state index is 13.1. The number of carboxylic acid groups (broad SMARTS) is 1. The number of nitrogens with one attached hydrogen (secondary N) is 2. The highest BCUT2D eigenvalue weighted by Crippen LogP contribution is 2.10. The van der Waals surface area contributed by atoms with Crippen molar-refractivity contribution in [2.24, 2.45) is 0 Å². The van der Waals surface area contributed by atoms with Crippen molar-refractivity contribution < 1.29 is 23.9 Å². The predicted octanol–water partition coefficient (Wildman–Crippen LogP) is 2.29. The maximum atomic E-state index is 13.1. The van der Waals surface area contributed by atoms with Gasteiger partial charge in [0.05, 0.1) is 0 Å². The van der Waals surface area contributed by atoms with E-state index in [1.165, 1.54) is 31.2 Å². The summed E-state index contributed by atoms with van der Waals surface area (Å²) in [6.45, 7) is 1.27. The fraction of sp³-hybridized carbons (Fsp3) is 0.250. The largest absolute Gasteiger partial charge is 0.480 e. The van der Waals surface area contributed by atoms with E-state index in [1.807, 2.05) is 12.1 Å². The number of halogens is 2. The summed E-state index contributed by atoms with van der Waals surface area (Å²) >= 11 is 2.15. The summed E-state index contributed by atoms with van der Waals surface area (Å²) in [5, 5.41) is 14.5. The Bertz CT molecular complexity index is 840. The summed E-state index contributed by atoms with van der Waals surface area (Å²) in [5.74, 6) is -2.62. The molecule has 0 radical (unpaired) electrons. The molecule has 2 rings (SSSR count). The number of aliphatic carboxylic acids is 1. The second-order valence-electron chi connectivity index (χ2n) is 6.31. The first-order chi connectivity index (χ1) is 13.2. The normalized spacial score (nSPS) is 12.7. The molecule has 0 aromatic heterocycles. The molecule has 0 heterocycles. The van der Waals surface area contributed by atoms with Crippen LogP contribution in [0, 0.1) is 9.39 Å². The number of rotatable bonds is 8. The minimum Gasteiger partial charge on any atom is -0.480 e. The quantitative estimate of drug-likeness (QED) is 0.487. The molecule has 8 heteroatoms. The highest BCUT2D eigenvalue weighted by Gasteiger charge is 2.26. The van der Waals surface area contributed by atoms with Crippen LogP contribution in [0.15, 0.2) is 48.5 Å². The lowest BCUT2D eigenvalue weighted by atomic mass is 10.0. The number of benzene rings is 2. The number of carbonyl (C=O) groups excluding carboxylic acids is 2. The molecule has 0 saturated carbocycles. The Balaban J connectivity index is 2.11. The van der Waals surface area contributed by atoms with E-state index in [1.54, 1.807) is 12.1 Å². The van der Waals surface area contributed by atoms with Gasteiger partial charge < -0.3 is 15.7 Å². The lowest BCUT2D eigenvalue weighted by Crippen LogP contribution is -2.52. The van der Waals surface area contributed by atoms with Crippen LogP contribution in [0.25, 0.3) is 0 Å². The Morgan fingerprint density at radius 2 is 1.43 bits per heavy atom. The van der Waals surface area contributed by atoms with E-state index in [4.69, 9.17) is 0 Å². The van der Waals surface area contributed by atoms with Crippen molar-refractivity contribution >= 4 is 40.4 Å². The summed E-state index contributed by atoms with van der Waals surface area (Å²) in [6, 6.07) is 10.7. The van der Waals surface area contributed by atoms with Crippen molar-refractivity contribution in [3.05, 3.63) is 69.0 Å². The van der Waals surface area contributed by atoms with E-state index in [0.29, 0.717) is 5.56 Å². The number of carbonyl (C=O) groups is 3. The average Bonchev–Trinajstić information content (AvgIpc) is 2.63. The molecular formula is C20H20FIN2O4. The van der Waals surface area contributed by atoms with Gasteiger partial charge in [0.1, 0.15) is 17.9 Å². The summed E-state index contributed by atoms with van der Waals surface area (Å²) in [7, 11) is 0. The molecule has 0 bridgehead atoms. The molecule has 0 spiro atoms. The van der Waals surface area contributed by atoms with E-state index < -0.39 is 35.7 Å². The lowest BCUT2D eigenvalue weighted by Gasteiger charge is -2.21. The third kappa shape index (κ3) is 6.91. The van der Waals surface area contributed by atoms with Gasteiger partial charge in [0.2, 0.25) is 11.8 Å². The van der Waals surface area contributed by atoms with Crippen LogP contribution in [-0.2, 0) is 27.2 Å². The van der Waals surface area contributed by atoms with E-state index in [2.05, 4.69) is 33.2 Å². The second kappa shape index (κ2) is 10.2. The molecule has 0 aliphatic rings. The van der Waals surface area contributed by atoms with Gasteiger partial charge in [-0.3, -0.25) is 9.59 Å². The topological polar surface area (TPSA) is 95.5 Å². The third-order valence-electron chi connectivity index (χ3n) is 4.01. The molecule has 0 aliphatic heterocycles. The molecule has 0 unspecified atom stereocenters. The number of hydrogen-bond acceptors (Lipinski definition) is 3. The SMILES string of the molecule is CC(=O)N[C@@H](Cc1ccc(F)cc1)C(=O)N[C@H](Cc1ccc(I)cc1)C(=O)O. The monoisotopic (exact) mass is 498 g/mol. The number of hydrogen-bond donors (Lipinski definition) is 3. The molecule has 2 atom stereocenters. The Labute approximate surface area is 175 Å². The molecule has 0 saturated heterocycles. The van der Waals surface area contributed by atoms with Crippen LogP contribution < -0.4 is 10.6 Å². The van der Waals surface area contributed by atoms with Crippen LogP contribution in [0.1, 0.15) is 18.1 Å². The maximum Gasteiger partial charge on any atom is 0.326 e. The first-order valence-corrected chi connectivity index (χ1v) is 9.61. The molecule has 3 N–H and O–H groups in total. The summed E-state index contributed by atoms with van der Waals surface area (Å²) in [4.78, 5) is 35.7. The highest BCUT2D eigenvalue weighted by molar-refractivity contribution is 14.1. The van der Waals surface area contributed by atoms with Crippen LogP contribution in [0.4, 0.5) is 4.39 Å². The standard InChI is InChI=1S/C20H20FIN2O4/c1-12(25)23-17(10-13-2-6-15(21)7-3-13)19(26)24-18(20(27)28)11-14-4-8-16(22)9-5-14/h2-9,17-18H,10-11H2,1H3,(H,23,25)(H,24,26)(H,27,28)/t17-,18+/m0/s1. The van der Waals surface area contributed by atoms with Crippen LogP contribution in [-0.4, -0.2) is 35.0 Å². The third-order valence-corrected chi connectivity index (χ3v) is 4.73. The zero-order valence-corrected chi connectivity index (χ0v) is 17.3. The van der Waals surface area contributed by atoms with Crippen molar-refractivity contribution in [2.75, 3.05) is 0 Å². The molecule has 6 nitrogen and oxygen atoms in total. The molecule has 0 aliphatic carbocycles. The smallest absolute Gasteiger partial charge is 0.326 e. The number of carboxylic acids is 1. The van der Waals surface area contributed by atoms with Crippen molar-refractivity contribution in [2.45, 2.75) is 31.8 Å². The van der Waals surface area contributed by atoms with Gasteiger partial charge in [-0.2, -0.15) is 0 Å². The molecule has 2 amide bonds. The molecule has 28 heavy (non-hydrogen) atoms. The first-order valence-electron chi connectivity index (χ1n) is 8.53. The van der Waals surface area contributed by atoms with Crippen LogP contribution >= 0.6 is 22.6 Å². The predicted molar refractivity (Wildman–Crippen MR) is 110 cm³/mol. The van der Waals surface area contributed by atoms with Gasteiger partial charge in [-0.1, -0.05) is 24.3 Å². The van der Waals surface area contributed by atoms with Gasteiger partial charge >= 0.3 is 5.97 Å². The van der Waals surface area contributed by atoms with E-state index in [-0.39, 0.29) is 12.8 Å². The molecule has 2 aromatic rings.